The Labute approximate surface area is 588 Å². The Morgan fingerprint density at radius 3 is 1.26 bits per heavy atom. The lowest BCUT2D eigenvalue weighted by atomic mass is 9.71. The number of rotatable bonds is 19. The summed E-state index contributed by atoms with van der Waals surface area (Å²) in [4.78, 5) is 0. The van der Waals surface area contributed by atoms with Gasteiger partial charge in [-0.1, -0.05) is 225 Å². The Morgan fingerprint density at radius 1 is 0.434 bits per heavy atom. The van der Waals surface area contributed by atoms with Gasteiger partial charge in [0.1, 0.15) is 51.6 Å². The zero-order chi connectivity index (χ0) is 71.2. The number of phenolic OH excluding ortho intramolecular Hbond substituents is 2. The van der Waals surface area contributed by atoms with Gasteiger partial charge in [0.25, 0.3) is 0 Å². The molecule has 2 aromatic heterocycles. The SMILES string of the molecule is [CH2-][O+](CCCCOc1c(C)cc(F)cc1-c1cc(C(C)(C)CC(C)(C)C)cc(-n2c3cc(C)ccc3c3ccc([Si](C)(C)c4ccccc4)cc32)c1O)c1c(C)cc(F)cc1-c1cc(C(C)(C)CC(C)(C)C)cc(-n2c3cc(C)ccc3c3ccc([Si](C)(C)c4ccccc4)cc32)c1O. The molecule has 0 amide bonds. The highest BCUT2D eigenvalue weighted by molar-refractivity contribution is 7.01. The first-order chi connectivity index (χ1) is 46.5. The highest BCUT2D eigenvalue weighted by Gasteiger charge is 2.36. The smallest absolute Gasteiger partial charge is 0.237 e. The molecule has 0 radical (unpaired) electrons. The average molecular weight is 1360 g/mol. The van der Waals surface area contributed by atoms with Crippen LogP contribution in [0, 0.1) is 57.3 Å². The predicted molar refractivity (Wildman–Crippen MR) is 421 cm³/mol. The minimum absolute atomic E-state index is 0.0325. The minimum atomic E-state index is -2.21. The number of hydrogen-bond acceptors (Lipinski definition) is 3. The molecule has 0 spiro atoms. The van der Waals surface area contributed by atoms with Gasteiger partial charge < -0.3 is 28.5 Å². The van der Waals surface area contributed by atoms with Crippen LogP contribution in [-0.4, -0.2) is 48.7 Å². The second kappa shape index (κ2) is 26.1. The molecule has 0 aliphatic heterocycles. The summed E-state index contributed by atoms with van der Waals surface area (Å²) in [5, 5.41) is 36.1. The molecule has 0 aliphatic rings. The third-order valence-corrected chi connectivity index (χ3v) is 27.9. The number of unbranched alkanes of at least 4 members (excludes halogenated alkanes) is 1. The van der Waals surface area contributed by atoms with Crippen LogP contribution in [0.1, 0.15) is 128 Å². The molecule has 12 rings (SSSR count). The highest BCUT2D eigenvalue weighted by atomic mass is 28.3. The molecular weight excluding hydrogens is 1260 g/mol. The van der Waals surface area contributed by atoms with Gasteiger partial charge >= 0.3 is 0 Å². The summed E-state index contributed by atoms with van der Waals surface area (Å²) >= 11 is 0. The van der Waals surface area contributed by atoms with E-state index in [1.807, 2.05) is 13.8 Å². The van der Waals surface area contributed by atoms with Gasteiger partial charge in [-0.25, -0.2) is 8.78 Å². The normalized spacial score (nSPS) is 12.8. The molecule has 0 aliphatic carbocycles. The second-order valence-corrected chi connectivity index (χ2v) is 41.9. The number of aromatic hydroxyl groups is 2. The van der Waals surface area contributed by atoms with Crippen LogP contribution in [0.4, 0.5) is 8.78 Å². The summed E-state index contributed by atoms with van der Waals surface area (Å²) in [6, 6.07) is 63.0. The van der Waals surface area contributed by atoms with Crippen molar-refractivity contribution in [2.75, 3.05) is 13.2 Å². The first kappa shape index (κ1) is 70.2. The average Bonchev–Trinajstić information content (AvgIpc) is 1.60. The van der Waals surface area contributed by atoms with E-state index in [0.29, 0.717) is 75.7 Å². The van der Waals surface area contributed by atoms with E-state index in [2.05, 4.69) is 288 Å². The van der Waals surface area contributed by atoms with Crippen molar-refractivity contribution < 1.29 is 28.1 Å². The fraction of sp³-hybridized carbons (Fsp3) is 0.315. The number of halogens is 2. The Hall–Kier alpha value is -8.71. The predicted octanol–water partition coefficient (Wildman–Crippen LogP) is 22.1. The number of nitrogens with zero attached hydrogens (tertiary/aromatic N) is 2. The Kier molecular flexibility index (Phi) is 18.5. The van der Waals surface area contributed by atoms with E-state index >= 15 is 8.78 Å². The van der Waals surface area contributed by atoms with E-state index in [4.69, 9.17) is 4.74 Å². The maximum absolute atomic E-state index is 16.4. The van der Waals surface area contributed by atoms with Crippen molar-refractivity contribution in [2.24, 2.45) is 10.8 Å². The van der Waals surface area contributed by atoms with Crippen molar-refractivity contribution in [3.8, 4) is 56.6 Å². The fourth-order valence-electron chi connectivity index (χ4n) is 16.3. The van der Waals surface area contributed by atoms with Gasteiger partial charge in [-0.15, -0.1) is 0 Å². The van der Waals surface area contributed by atoms with Crippen molar-refractivity contribution >= 4 is 80.5 Å². The number of aryl methyl sites for hydroxylation is 4. The maximum Gasteiger partial charge on any atom is 0.237 e. The topological polar surface area (TPSA) is 62.2 Å². The lowest BCUT2D eigenvalue weighted by molar-refractivity contribution is 0.0272. The van der Waals surface area contributed by atoms with Crippen LogP contribution in [0.25, 0.3) is 77.2 Å². The van der Waals surface area contributed by atoms with Gasteiger partial charge in [0.2, 0.25) is 5.75 Å². The van der Waals surface area contributed by atoms with Gasteiger partial charge in [-0.05, 0) is 176 Å². The quantitative estimate of drug-likeness (QED) is 0.0367. The van der Waals surface area contributed by atoms with Gasteiger partial charge in [0.05, 0.1) is 45.6 Å². The number of fused-ring (bicyclic) bond motifs is 6. The maximum atomic E-state index is 16.4. The van der Waals surface area contributed by atoms with Gasteiger partial charge in [-0.3, -0.25) is 0 Å². The van der Waals surface area contributed by atoms with Crippen molar-refractivity contribution in [1.29, 1.82) is 0 Å². The number of benzene rings is 10. The van der Waals surface area contributed by atoms with Crippen molar-refractivity contribution in [2.45, 2.75) is 160 Å². The largest absolute Gasteiger partial charge is 0.711 e. The third kappa shape index (κ3) is 13.6. The summed E-state index contributed by atoms with van der Waals surface area (Å²) in [6.07, 6.45) is 2.84. The Morgan fingerprint density at radius 2 is 0.828 bits per heavy atom. The molecule has 99 heavy (non-hydrogen) atoms. The van der Waals surface area contributed by atoms with Crippen LogP contribution in [0.2, 0.25) is 26.2 Å². The highest BCUT2D eigenvalue weighted by Crippen LogP contribution is 2.51. The van der Waals surface area contributed by atoms with E-state index < -0.39 is 27.8 Å². The molecule has 0 unspecified atom stereocenters. The van der Waals surface area contributed by atoms with Crippen molar-refractivity contribution in [3.63, 3.8) is 0 Å². The van der Waals surface area contributed by atoms with E-state index in [-0.39, 0.29) is 39.8 Å². The van der Waals surface area contributed by atoms with Crippen LogP contribution in [0.5, 0.6) is 23.0 Å². The summed E-state index contributed by atoms with van der Waals surface area (Å²) < 4.78 is 47.2. The Bertz CT molecular complexity index is 5080. The molecule has 6 nitrogen and oxygen atoms in total. The Balaban J connectivity index is 0.914. The summed E-state index contributed by atoms with van der Waals surface area (Å²) in [7, 11) is 0.172. The molecule has 512 valence electrons. The van der Waals surface area contributed by atoms with Crippen LogP contribution < -0.4 is 25.5 Å². The number of aromatic nitrogens is 2. The number of ether oxygens (including phenoxy) is 1. The van der Waals surface area contributed by atoms with E-state index in [0.717, 1.165) is 78.7 Å². The van der Waals surface area contributed by atoms with E-state index in [1.54, 1.807) is 0 Å². The number of phenols is 2. The standard InChI is InChI=1S/C89H100F2N2O4Si2/c1-56-32-36-68-70-38-34-66(98(16,17)64-28-22-20-23-29-64)52-78(70)92(76(68)42-56)80-48-60(88(11,12)54-86(5,6)7)46-72(82(80)94)74-50-62(90)44-58(3)84(74)96-40-26-27-41-97(15)85-59(4)45-63(91)51-75(85)73-47-61(89(13,14)55-87(8,9)10)49-81(83(73)95)93-77-43-57(2)33-37-69(77)71-39-35-67(53-79(71)93)99(18,19)65-30-24-21-25-31-65/h20-25,28-39,42-53,94-95H,15,26-27,40-41,54-55H2,1-14,16-19H3. The molecular formula is C89H100F2N2O4Si2. The van der Waals surface area contributed by atoms with Crippen LogP contribution >= 0.6 is 0 Å². The first-order valence-corrected chi connectivity index (χ1v) is 41.2. The van der Waals surface area contributed by atoms with Gasteiger partial charge in [-0.2, -0.15) is 0 Å². The summed E-state index contributed by atoms with van der Waals surface area (Å²) in [6.45, 7) is 40.8. The molecule has 0 bridgehead atoms. The zero-order valence-electron chi connectivity index (χ0n) is 61.6. The van der Waals surface area contributed by atoms with Gasteiger partial charge in [0.15, 0.2) is 0 Å². The minimum Gasteiger partial charge on any atom is -0.711 e. The molecule has 2 N–H and O–H groups in total. The van der Waals surface area contributed by atoms with Crippen LogP contribution in [0.3, 0.4) is 0 Å². The molecule has 10 heteroatoms. The lowest BCUT2D eigenvalue weighted by Gasteiger charge is -2.34. The summed E-state index contributed by atoms with van der Waals surface area (Å²) in [5.41, 5.74) is 11.8. The second-order valence-electron chi connectivity index (χ2n) is 33.1. The third-order valence-electron chi connectivity index (χ3n) is 20.8. The van der Waals surface area contributed by atoms with Crippen LogP contribution in [0.15, 0.2) is 182 Å². The van der Waals surface area contributed by atoms with E-state index in [9.17, 15) is 10.2 Å². The molecule has 12 aromatic rings. The first-order valence-electron chi connectivity index (χ1n) is 35.2. The summed E-state index contributed by atoms with van der Waals surface area (Å²) in [5.74, 6) is 0.348. The molecule has 2 heterocycles. The molecule has 0 fully saturated rings. The molecule has 0 saturated heterocycles. The fourth-order valence-corrected chi connectivity index (χ4v) is 21.0. The van der Waals surface area contributed by atoms with E-state index in [1.165, 1.54) is 45.0 Å². The van der Waals surface area contributed by atoms with Gasteiger partial charge in [0, 0.05) is 50.2 Å². The molecule has 0 atom stereocenters. The lowest BCUT2D eigenvalue weighted by Crippen LogP contribution is -2.52. The number of hydrogen-bond donors (Lipinski definition) is 2. The van der Waals surface area contributed by atoms with Crippen molar-refractivity contribution in [1.82, 2.24) is 9.13 Å². The van der Waals surface area contributed by atoms with Crippen LogP contribution in [-0.2, 0) is 15.2 Å². The monoisotopic (exact) mass is 1350 g/mol. The molecule has 0 saturated carbocycles. The molecule has 10 aromatic carbocycles. The van der Waals surface area contributed by atoms with Crippen molar-refractivity contribution in [3.05, 3.63) is 234 Å². The zero-order valence-corrected chi connectivity index (χ0v) is 63.6.